The highest BCUT2D eigenvalue weighted by Crippen LogP contribution is 2.23. The topological polar surface area (TPSA) is 57.8 Å². The van der Waals surface area contributed by atoms with Gasteiger partial charge in [0.2, 0.25) is 6.41 Å². The molecule has 0 aliphatic carbocycles. The van der Waals surface area contributed by atoms with E-state index in [-0.39, 0.29) is 0 Å². The highest BCUT2D eigenvalue weighted by Gasteiger charge is 2.02. The normalized spacial score (nSPS) is 10.2. The van der Waals surface area contributed by atoms with Gasteiger partial charge in [-0.1, -0.05) is 0 Å². The smallest absolute Gasteiger partial charge is 0.211 e. The first-order valence-corrected chi connectivity index (χ1v) is 4.44. The Hall–Kier alpha value is -1.36. The third kappa shape index (κ3) is 1.42. The lowest BCUT2D eigenvalue weighted by atomic mass is 10.2. The summed E-state index contributed by atoms with van der Waals surface area (Å²) in [6, 6.07) is 5.48. The molecule has 0 unspecified atom stereocenters. The Morgan fingerprint density at radius 1 is 1.54 bits per heavy atom. The van der Waals surface area contributed by atoms with E-state index < -0.39 is 0 Å². The number of aromatic amines is 1. The summed E-state index contributed by atoms with van der Waals surface area (Å²) in [6.07, 6.45) is 0.648. The zero-order chi connectivity index (χ0) is 9.26. The Kier molecular flexibility index (Phi) is 2.02. The van der Waals surface area contributed by atoms with Crippen molar-refractivity contribution in [2.45, 2.75) is 0 Å². The number of benzene rings is 1. The lowest BCUT2D eigenvalue weighted by molar-refractivity contribution is -0.105. The average molecular weight is 240 g/mol. The van der Waals surface area contributed by atoms with Gasteiger partial charge in [-0.15, -0.1) is 0 Å². The predicted molar refractivity (Wildman–Crippen MR) is 53.5 cm³/mol. The van der Waals surface area contributed by atoms with E-state index in [4.69, 9.17) is 0 Å². The molecule has 2 N–H and O–H groups in total. The van der Waals surface area contributed by atoms with Crippen molar-refractivity contribution in [1.82, 2.24) is 10.2 Å². The minimum atomic E-state index is 0.648. The first kappa shape index (κ1) is 8.25. The quantitative estimate of drug-likeness (QED) is 0.787. The van der Waals surface area contributed by atoms with E-state index in [9.17, 15) is 4.79 Å². The Bertz CT molecular complexity index is 452. The molecule has 1 aromatic carbocycles. The average Bonchev–Trinajstić information content (AvgIpc) is 2.49. The molecule has 0 saturated carbocycles. The van der Waals surface area contributed by atoms with E-state index in [1.807, 2.05) is 12.1 Å². The highest BCUT2D eigenvalue weighted by atomic mass is 79.9. The first-order valence-electron chi connectivity index (χ1n) is 3.65. The van der Waals surface area contributed by atoms with Crippen LogP contribution in [0.2, 0.25) is 0 Å². The van der Waals surface area contributed by atoms with Crippen LogP contribution >= 0.6 is 15.9 Å². The lowest BCUT2D eigenvalue weighted by Crippen LogP contribution is -1.92. The largest absolute Gasteiger partial charge is 0.329 e. The van der Waals surface area contributed by atoms with Crippen molar-refractivity contribution >= 4 is 38.9 Å². The standard InChI is InChI=1S/C8H6BrN3O/c9-8-6-3-5(10-4-13)1-2-7(6)11-12-8/h1-4H,(H,10,13)(H,11,12). The summed E-state index contributed by atoms with van der Waals surface area (Å²) in [6.45, 7) is 0. The van der Waals surface area contributed by atoms with Gasteiger partial charge in [-0.05, 0) is 34.1 Å². The van der Waals surface area contributed by atoms with E-state index in [0.717, 1.165) is 21.2 Å². The number of H-pyrrole nitrogens is 1. The summed E-state index contributed by atoms with van der Waals surface area (Å²) in [7, 11) is 0. The molecule has 0 bridgehead atoms. The number of anilines is 1. The van der Waals surface area contributed by atoms with Crippen molar-refractivity contribution in [3.8, 4) is 0 Å². The van der Waals surface area contributed by atoms with E-state index in [0.29, 0.717) is 6.41 Å². The molecular formula is C8H6BrN3O. The Balaban J connectivity index is 2.58. The molecule has 1 aromatic heterocycles. The van der Waals surface area contributed by atoms with Crippen LogP contribution in [-0.4, -0.2) is 16.6 Å². The second kappa shape index (κ2) is 3.18. The van der Waals surface area contributed by atoms with Crippen molar-refractivity contribution in [1.29, 1.82) is 0 Å². The SMILES string of the molecule is O=CNc1ccc2n[nH]c(Br)c2c1. The molecular weight excluding hydrogens is 234 g/mol. The molecule has 2 rings (SSSR count). The zero-order valence-electron chi connectivity index (χ0n) is 6.54. The van der Waals surface area contributed by atoms with E-state index in [1.165, 1.54) is 0 Å². The Labute approximate surface area is 82.5 Å². The third-order valence-electron chi connectivity index (χ3n) is 1.73. The molecule has 5 heteroatoms. The van der Waals surface area contributed by atoms with Gasteiger partial charge in [-0.2, -0.15) is 5.10 Å². The van der Waals surface area contributed by atoms with Crippen LogP contribution in [0.15, 0.2) is 22.8 Å². The fourth-order valence-corrected chi connectivity index (χ4v) is 1.54. The van der Waals surface area contributed by atoms with Crippen molar-refractivity contribution in [2.75, 3.05) is 5.32 Å². The van der Waals surface area contributed by atoms with Crippen LogP contribution in [0.25, 0.3) is 10.9 Å². The van der Waals surface area contributed by atoms with Gasteiger partial charge in [-0.25, -0.2) is 0 Å². The van der Waals surface area contributed by atoms with E-state index >= 15 is 0 Å². The number of halogens is 1. The summed E-state index contributed by atoms with van der Waals surface area (Å²) in [5, 5.41) is 10.4. The molecule has 0 saturated heterocycles. The summed E-state index contributed by atoms with van der Waals surface area (Å²) >= 11 is 3.32. The molecule has 0 radical (unpaired) electrons. The number of nitrogens with one attached hydrogen (secondary N) is 2. The Morgan fingerprint density at radius 3 is 3.15 bits per heavy atom. The predicted octanol–water partition coefficient (Wildman–Crippen LogP) is 1.89. The number of carbonyl (C=O) groups excluding carboxylic acids is 1. The van der Waals surface area contributed by atoms with Gasteiger partial charge in [-0.3, -0.25) is 9.89 Å². The van der Waals surface area contributed by atoms with E-state index in [1.54, 1.807) is 6.07 Å². The summed E-state index contributed by atoms with van der Waals surface area (Å²) in [5.74, 6) is 0. The fraction of sp³-hybridized carbons (Fsp3) is 0. The second-order valence-corrected chi connectivity index (χ2v) is 3.32. The second-order valence-electron chi connectivity index (χ2n) is 2.53. The number of hydrogen-bond acceptors (Lipinski definition) is 2. The van der Waals surface area contributed by atoms with Crippen molar-refractivity contribution in [3.05, 3.63) is 22.8 Å². The van der Waals surface area contributed by atoms with Gasteiger partial charge in [0.25, 0.3) is 0 Å². The molecule has 66 valence electrons. The van der Waals surface area contributed by atoms with Crippen LogP contribution in [0.3, 0.4) is 0 Å². The number of rotatable bonds is 2. The monoisotopic (exact) mass is 239 g/mol. The van der Waals surface area contributed by atoms with Crippen LogP contribution in [0.4, 0.5) is 5.69 Å². The van der Waals surface area contributed by atoms with Crippen LogP contribution < -0.4 is 5.32 Å². The van der Waals surface area contributed by atoms with Gasteiger partial charge >= 0.3 is 0 Å². The zero-order valence-corrected chi connectivity index (χ0v) is 8.13. The maximum absolute atomic E-state index is 10.2. The third-order valence-corrected chi connectivity index (χ3v) is 2.34. The van der Waals surface area contributed by atoms with Crippen molar-refractivity contribution in [2.24, 2.45) is 0 Å². The molecule has 0 aliphatic rings. The highest BCUT2D eigenvalue weighted by molar-refractivity contribution is 9.10. The number of aromatic nitrogens is 2. The molecule has 0 aliphatic heterocycles. The maximum atomic E-state index is 10.2. The van der Waals surface area contributed by atoms with Crippen molar-refractivity contribution in [3.63, 3.8) is 0 Å². The first-order chi connectivity index (χ1) is 6.31. The van der Waals surface area contributed by atoms with Gasteiger partial charge in [0.15, 0.2) is 0 Å². The minimum Gasteiger partial charge on any atom is -0.329 e. The number of carbonyl (C=O) groups is 1. The molecule has 2 aromatic rings. The molecule has 0 spiro atoms. The van der Waals surface area contributed by atoms with Gasteiger partial charge in [0.05, 0.1) is 5.52 Å². The van der Waals surface area contributed by atoms with Gasteiger partial charge < -0.3 is 5.32 Å². The van der Waals surface area contributed by atoms with Crippen LogP contribution in [-0.2, 0) is 4.79 Å². The molecule has 4 nitrogen and oxygen atoms in total. The fourth-order valence-electron chi connectivity index (χ4n) is 1.14. The summed E-state index contributed by atoms with van der Waals surface area (Å²) in [5.41, 5.74) is 1.62. The molecule has 1 amide bonds. The molecule has 0 atom stereocenters. The van der Waals surface area contributed by atoms with Crippen molar-refractivity contribution < 1.29 is 4.79 Å². The number of fused-ring (bicyclic) bond motifs is 1. The maximum Gasteiger partial charge on any atom is 0.211 e. The van der Waals surface area contributed by atoms with Gasteiger partial charge in [0.1, 0.15) is 4.60 Å². The van der Waals surface area contributed by atoms with Crippen LogP contribution in [0.5, 0.6) is 0 Å². The van der Waals surface area contributed by atoms with Crippen LogP contribution in [0, 0.1) is 0 Å². The minimum absolute atomic E-state index is 0.648. The lowest BCUT2D eigenvalue weighted by Gasteiger charge is -1.96. The summed E-state index contributed by atoms with van der Waals surface area (Å²) in [4.78, 5) is 10.2. The number of amides is 1. The Morgan fingerprint density at radius 2 is 2.38 bits per heavy atom. The molecule has 1 heterocycles. The molecule has 0 fully saturated rings. The molecule has 13 heavy (non-hydrogen) atoms. The van der Waals surface area contributed by atoms with Crippen LogP contribution in [0.1, 0.15) is 0 Å². The van der Waals surface area contributed by atoms with Gasteiger partial charge in [0, 0.05) is 11.1 Å². The number of nitrogens with zero attached hydrogens (tertiary/aromatic N) is 1. The number of hydrogen-bond donors (Lipinski definition) is 2. The summed E-state index contributed by atoms with van der Waals surface area (Å²) < 4.78 is 0.817. The van der Waals surface area contributed by atoms with E-state index in [2.05, 4.69) is 31.4 Å².